The maximum Gasteiger partial charge on any atom is 0.227 e. The standard InChI is InChI=1S/C18H27N3O2/c1-20-18(23)17(3-2-12-22)15-4-6-16(7-5-15)21-10-8-14(13-19)9-11-21/h4-7,12,14,17H,2-3,8-11,13,19H2,1H3,(H,20,23). The number of hydrogen-bond donors (Lipinski definition) is 2. The molecule has 3 N–H and O–H groups in total. The van der Waals surface area contributed by atoms with Crippen molar-refractivity contribution in [2.75, 3.05) is 31.6 Å². The lowest BCUT2D eigenvalue weighted by molar-refractivity contribution is -0.122. The van der Waals surface area contributed by atoms with Crippen molar-refractivity contribution in [3.63, 3.8) is 0 Å². The van der Waals surface area contributed by atoms with Crippen molar-refractivity contribution in [3.8, 4) is 0 Å². The lowest BCUT2D eigenvalue weighted by Gasteiger charge is -2.33. The average molecular weight is 317 g/mol. The van der Waals surface area contributed by atoms with Crippen LogP contribution in [0.1, 0.15) is 37.2 Å². The third-order valence-corrected chi connectivity index (χ3v) is 4.74. The molecule has 1 aliphatic heterocycles. The van der Waals surface area contributed by atoms with Crippen LogP contribution in [0.15, 0.2) is 24.3 Å². The fraction of sp³-hybridized carbons (Fsp3) is 0.556. The summed E-state index contributed by atoms with van der Waals surface area (Å²) in [7, 11) is 1.63. The predicted octanol–water partition coefficient (Wildman–Crippen LogP) is 1.67. The maximum absolute atomic E-state index is 12.0. The number of rotatable bonds is 7. The summed E-state index contributed by atoms with van der Waals surface area (Å²) in [4.78, 5) is 25.0. The number of hydrogen-bond acceptors (Lipinski definition) is 4. The Morgan fingerprint density at radius 3 is 2.52 bits per heavy atom. The van der Waals surface area contributed by atoms with Crippen LogP contribution in [0.4, 0.5) is 5.69 Å². The third kappa shape index (κ3) is 4.55. The minimum absolute atomic E-state index is 0.0386. The van der Waals surface area contributed by atoms with E-state index in [0.717, 1.165) is 44.3 Å². The van der Waals surface area contributed by atoms with Crippen LogP contribution in [0.3, 0.4) is 0 Å². The topological polar surface area (TPSA) is 75.4 Å². The second kappa shape index (κ2) is 8.67. The molecule has 5 nitrogen and oxygen atoms in total. The van der Waals surface area contributed by atoms with Crippen LogP contribution in [-0.2, 0) is 9.59 Å². The molecule has 1 unspecified atom stereocenters. The van der Waals surface area contributed by atoms with Gasteiger partial charge in [0.05, 0.1) is 5.92 Å². The normalized spacial score (nSPS) is 16.9. The Balaban J connectivity index is 2.05. The summed E-state index contributed by atoms with van der Waals surface area (Å²) in [6.07, 6.45) is 4.08. The Labute approximate surface area is 138 Å². The molecule has 1 atom stereocenters. The third-order valence-electron chi connectivity index (χ3n) is 4.74. The van der Waals surface area contributed by atoms with Gasteiger partial charge in [0.15, 0.2) is 0 Å². The number of anilines is 1. The number of nitrogens with two attached hydrogens (primary N) is 1. The summed E-state index contributed by atoms with van der Waals surface area (Å²) in [6.45, 7) is 2.84. The first-order valence-electron chi connectivity index (χ1n) is 8.39. The van der Waals surface area contributed by atoms with Gasteiger partial charge in [0.2, 0.25) is 5.91 Å². The first-order valence-corrected chi connectivity index (χ1v) is 8.39. The van der Waals surface area contributed by atoms with Gasteiger partial charge in [-0.05, 0) is 49.4 Å². The molecule has 0 radical (unpaired) electrons. The Bertz CT molecular complexity index is 508. The molecule has 1 aliphatic rings. The highest BCUT2D eigenvalue weighted by molar-refractivity contribution is 5.83. The minimum Gasteiger partial charge on any atom is -0.372 e. The molecule has 5 heteroatoms. The molecule has 1 amide bonds. The highest BCUT2D eigenvalue weighted by atomic mass is 16.1. The van der Waals surface area contributed by atoms with E-state index < -0.39 is 0 Å². The van der Waals surface area contributed by atoms with E-state index in [4.69, 9.17) is 5.73 Å². The maximum atomic E-state index is 12.0. The molecule has 0 aliphatic carbocycles. The van der Waals surface area contributed by atoms with Gasteiger partial charge in [0.1, 0.15) is 6.29 Å². The van der Waals surface area contributed by atoms with Gasteiger partial charge in [-0.2, -0.15) is 0 Å². The van der Waals surface area contributed by atoms with Crippen LogP contribution in [-0.4, -0.2) is 38.9 Å². The van der Waals surface area contributed by atoms with Crippen LogP contribution < -0.4 is 16.0 Å². The molecule has 0 bridgehead atoms. The number of nitrogens with one attached hydrogen (secondary N) is 1. The molecule has 23 heavy (non-hydrogen) atoms. The van der Waals surface area contributed by atoms with Crippen LogP contribution in [0.25, 0.3) is 0 Å². The summed E-state index contributed by atoms with van der Waals surface area (Å²) in [6, 6.07) is 8.17. The van der Waals surface area contributed by atoms with E-state index in [0.29, 0.717) is 18.8 Å². The number of aldehydes is 1. The predicted molar refractivity (Wildman–Crippen MR) is 92.5 cm³/mol. The van der Waals surface area contributed by atoms with Crippen LogP contribution in [0, 0.1) is 5.92 Å². The molecular formula is C18H27N3O2. The fourth-order valence-corrected chi connectivity index (χ4v) is 3.20. The quantitative estimate of drug-likeness (QED) is 0.750. The molecule has 0 spiro atoms. The zero-order chi connectivity index (χ0) is 16.7. The summed E-state index contributed by atoms with van der Waals surface area (Å²) in [5.41, 5.74) is 7.90. The Kier molecular flexibility index (Phi) is 6.59. The van der Waals surface area contributed by atoms with Gasteiger partial charge >= 0.3 is 0 Å². The van der Waals surface area contributed by atoms with E-state index in [1.54, 1.807) is 7.05 Å². The van der Waals surface area contributed by atoms with Crippen molar-refractivity contribution >= 4 is 17.9 Å². The number of carbonyl (C=O) groups excluding carboxylic acids is 2. The SMILES string of the molecule is CNC(=O)C(CCC=O)c1ccc(N2CCC(CN)CC2)cc1. The summed E-state index contributed by atoms with van der Waals surface area (Å²) < 4.78 is 0. The molecule has 1 heterocycles. The highest BCUT2D eigenvalue weighted by Gasteiger charge is 2.21. The van der Waals surface area contributed by atoms with Gasteiger partial charge in [0, 0.05) is 32.2 Å². The number of piperidine rings is 1. The molecule has 2 rings (SSSR count). The molecule has 1 saturated heterocycles. The molecule has 0 saturated carbocycles. The molecule has 1 aromatic rings. The van der Waals surface area contributed by atoms with Crippen molar-refractivity contribution < 1.29 is 9.59 Å². The van der Waals surface area contributed by atoms with Crippen LogP contribution in [0.2, 0.25) is 0 Å². The van der Waals surface area contributed by atoms with Crippen LogP contribution >= 0.6 is 0 Å². The number of likely N-dealkylation sites (N-methyl/N-ethyl adjacent to an activating group) is 1. The highest BCUT2D eigenvalue weighted by Crippen LogP contribution is 2.27. The Morgan fingerprint density at radius 2 is 2.00 bits per heavy atom. The summed E-state index contributed by atoms with van der Waals surface area (Å²) >= 11 is 0. The zero-order valence-electron chi connectivity index (χ0n) is 13.8. The number of benzene rings is 1. The van der Waals surface area contributed by atoms with E-state index in [-0.39, 0.29) is 11.8 Å². The van der Waals surface area contributed by atoms with Crippen molar-refractivity contribution in [2.45, 2.75) is 31.6 Å². The van der Waals surface area contributed by atoms with Gasteiger partial charge in [-0.1, -0.05) is 12.1 Å². The lowest BCUT2D eigenvalue weighted by atomic mass is 9.92. The largest absolute Gasteiger partial charge is 0.372 e. The molecular weight excluding hydrogens is 290 g/mol. The van der Waals surface area contributed by atoms with E-state index in [9.17, 15) is 9.59 Å². The second-order valence-corrected chi connectivity index (χ2v) is 6.17. The van der Waals surface area contributed by atoms with E-state index in [1.165, 1.54) is 5.69 Å². The van der Waals surface area contributed by atoms with E-state index in [1.807, 2.05) is 12.1 Å². The smallest absolute Gasteiger partial charge is 0.227 e. The van der Waals surface area contributed by atoms with Gasteiger partial charge < -0.3 is 20.7 Å². The summed E-state index contributed by atoms with van der Waals surface area (Å²) in [5, 5.41) is 2.68. The fourth-order valence-electron chi connectivity index (χ4n) is 3.20. The molecule has 1 fully saturated rings. The number of amides is 1. The monoisotopic (exact) mass is 317 g/mol. The Hall–Kier alpha value is -1.88. The van der Waals surface area contributed by atoms with Gasteiger partial charge in [-0.15, -0.1) is 0 Å². The van der Waals surface area contributed by atoms with Crippen molar-refractivity contribution in [1.29, 1.82) is 0 Å². The van der Waals surface area contributed by atoms with Gasteiger partial charge in [0.25, 0.3) is 0 Å². The van der Waals surface area contributed by atoms with E-state index in [2.05, 4.69) is 22.3 Å². The van der Waals surface area contributed by atoms with E-state index >= 15 is 0 Å². The van der Waals surface area contributed by atoms with Crippen LogP contribution in [0.5, 0.6) is 0 Å². The first-order chi connectivity index (χ1) is 11.2. The number of nitrogens with zero attached hydrogens (tertiary/aromatic N) is 1. The van der Waals surface area contributed by atoms with Crippen molar-refractivity contribution in [1.82, 2.24) is 5.32 Å². The summed E-state index contributed by atoms with van der Waals surface area (Å²) in [5.74, 6) is 0.345. The minimum atomic E-state index is -0.262. The first kappa shape index (κ1) is 17.5. The molecule has 0 aromatic heterocycles. The second-order valence-electron chi connectivity index (χ2n) is 6.17. The molecule has 126 valence electrons. The lowest BCUT2D eigenvalue weighted by Crippen LogP contribution is -2.36. The van der Waals surface area contributed by atoms with Gasteiger partial charge in [-0.3, -0.25) is 4.79 Å². The van der Waals surface area contributed by atoms with Crippen molar-refractivity contribution in [2.24, 2.45) is 11.7 Å². The zero-order valence-corrected chi connectivity index (χ0v) is 13.8. The van der Waals surface area contributed by atoms with Gasteiger partial charge in [-0.25, -0.2) is 0 Å². The Morgan fingerprint density at radius 1 is 1.35 bits per heavy atom. The van der Waals surface area contributed by atoms with Crippen molar-refractivity contribution in [3.05, 3.63) is 29.8 Å². The number of carbonyl (C=O) groups is 2. The molecule has 1 aromatic carbocycles. The average Bonchev–Trinajstić information content (AvgIpc) is 2.62.